The molecule has 0 heterocycles. The second-order valence-electron chi connectivity index (χ2n) is 1.46. The Morgan fingerprint density at radius 1 is 1.23 bits per heavy atom. The molecule has 0 rings (SSSR count). The first-order chi connectivity index (χ1) is 6.06. The van der Waals surface area contributed by atoms with Gasteiger partial charge in [0.15, 0.2) is 0 Å². The van der Waals surface area contributed by atoms with Crippen molar-refractivity contribution in [2.45, 2.75) is 6.92 Å². The van der Waals surface area contributed by atoms with Crippen molar-refractivity contribution in [3.63, 3.8) is 0 Å². The minimum atomic E-state index is -0.833. The molecule has 13 heavy (non-hydrogen) atoms. The summed E-state index contributed by atoms with van der Waals surface area (Å²) in [6.07, 6.45) is 2.97. The van der Waals surface area contributed by atoms with Gasteiger partial charge in [0.2, 0.25) is 0 Å². The lowest BCUT2D eigenvalue weighted by Crippen LogP contribution is -1.78. The Hall–Kier alpha value is -1.40. The van der Waals surface area contributed by atoms with Gasteiger partial charge >= 0.3 is 0 Å². The van der Waals surface area contributed by atoms with Gasteiger partial charge in [0.1, 0.15) is 0 Å². The summed E-state index contributed by atoms with van der Waals surface area (Å²) in [5.74, 6) is -0.833. The molecule has 0 aromatic carbocycles. The molecule has 0 amide bonds. The smallest absolute Gasteiger partial charge is 0.300 e. The van der Waals surface area contributed by atoms with Crippen LogP contribution >= 0.6 is 0 Å². The lowest BCUT2D eigenvalue weighted by atomic mass is 10.5. The third-order valence-corrected chi connectivity index (χ3v) is 0.377. The molecule has 6 heteroatoms. The van der Waals surface area contributed by atoms with Crippen LogP contribution in [-0.2, 0) is 9.59 Å². The van der Waals surface area contributed by atoms with Gasteiger partial charge in [0.05, 0.1) is 13.2 Å². The van der Waals surface area contributed by atoms with E-state index in [1.54, 1.807) is 0 Å². The average molecular weight is 194 g/mol. The number of carboxylic acid groups (broad SMARTS) is 2. The normalized spacial score (nSPS) is 7.62. The third kappa shape index (κ3) is 306. The van der Waals surface area contributed by atoms with Crippen molar-refractivity contribution in [3.8, 4) is 0 Å². The van der Waals surface area contributed by atoms with Crippen LogP contribution < -0.4 is 0 Å². The van der Waals surface area contributed by atoms with E-state index in [4.69, 9.17) is 30.0 Å². The molecule has 0 spiro atoms. The third-order valence-electron chi connectivity index (χ3n) is 0.377. The van der Waals surface area contributed by atoms with E-state index in [0.29, 0.717) is 0 Å². The maximum Gasteiger partial charge on any atom is 0.300 e. The van der Waals surface area contributed by atoms with Gasteiger partial charge in [0.25, 0.3) is 12.4 Å². The van der Waals surface area contributed by atoms with Crippen LogP contribution in [0.1, 0.15) is 6.92 Å². The van der Waals surface area contributed by atoms with E-state index in [2.05, 4.69) is 0 Å². The molecule has 0 aromatic rings. The van der Waals surface area contributed by atoms with Gasteiger partial charge in [-0.2, -0.15) is 0 Å². The molecule has 6 nitrogen and oxygen atoms in total. The summed E-state index contributed by atoms with van der Waals surface area (Å²) in [7, 11) is 0. The second-order valence-corrected chi connectivity index (χ2v) is 1.46. The van der Waals surface area contributed by atoms with Crippen LogP contribution in [-0.4, -0.2) is 46.1 Å². The molecule has 0 bridgehead atoms. The molecule has 0 unspecified atom stereocenters. The molecule has 0 aromatic heterocycles. The number of carbonyl (C=O) groups is 2. The summed E-state index contributed by atoms with van der Waals surface area (Å²) in [6, 6.07) is 0. The van der Waals surface area contributed by atoms with Crippen LogP contribution in [0.3, 0.4) is 0 Å². The lowest BCUT2D eigenvalue weighted by Gasteiger charge is -1.73. The number of aliphatic carboxylic acids is 1. The molecule has 4 N–H and O–H groups in total. The predicted molar refractivity (Wildman–Crippen MR) is 45.3 cm³/mol. The van der Waals surface area contributed by atoms with Gasteiger partial charge in [0, 0.05) is 6.92 Å². The monoisotopic (exact) mass is 194 g/mol. The molecule has 0 radical (unpaired) electrons. The highest BCUT2D eigenvalue weighted by molar-refractivity contribution is 5.62. The summed E-state index contributed by atoms with van der Waals surface area (Å²) < 4.78 is 0. The fourth-order valence-corrected chi connectivity index (χ4v) is 0.149. The van der Waals surface area contributed by atoms with Crippen LogP contribution in [0.15, 0.2) is 12.2 Å². The summed E-state index contributed by atoms with van der Waals surface area (Å²) in [6.45, 7) is 0.862. The Morgan fingerprint density at radius 2 is 1.38 bits per heavy atom. The molecule has 0 fully saturated rings. The maximum absolute atomic E-state index is 9.00. The Kier molecular flexibility index (Phi) is 30.4. The zero-order valence-corrected chi connectivity index (χ0v) is 7.25. The average Bonchev–Trinajstić information content (AvgIpc) is 2.01. The van der Waals surface area contributed by atoms with Crippen LogP contribution in [0, 0.1) is 0 Å². The number of hydrogen-bond donors (Lipinski definition) is 4. The molecule has 0 atom stereocenters. The number of aliphatic hydroxyl groups is 2. The maximum atomic E-state index is 9.00. The molecule has 0 saturated carbocycles. The zero-order valence-electron chi connectivity index (χ0n) is 7.25. The first-order valence-electron chi connectivity index (χ1n) is 3.20. The number of hydrogen-bond acceptors (Lipinski definition) is 4. The van der Waals surface area contributed by atoms with E-state index in [0.717, 1.165) is 6.92 Å². The molecule has 78 valence electrons. The van der Waals surface area contributed by atoms with Crippen molar-refractivity contribution in [1.82, 2.24) is 0 Å². The van der Waals surface area contributed by atoms with Gasteiger partial charge < -0.3 is 20.4 Å². The Balaban J connectivity index is -0.000000125. The van der Waals surface area contributed by atoms with E-state index >= 15 is 0 Å². The van der Waals surface area contributed by atoms with Crippen molar-refractivity contribution >= 4 is 12.4 Å². The van der Waals surface area contributed by atoms with Crippen molar-refractivity contribution in [2.75, 3.05) is 13.2 Å². The standard InChI is InChI=1S/C4H8O2.C2H4O2.CH2O2/c5-3-1-2-4-6;1-2(3)4;2-1-3/h1-2,5-6H,3-4H2;1H3,(H,3,4);1H,(H,2,3). The molecule has 0 aliphatic rings. The summed E-state index contributed by atoms with van der Waals surface area (Å²) in [4.78, 5) is 17.4. The lowest BCUT2D eigenvalue weighted by molar-refractivity contribution is -0.134. The van der Waals surface area contributed by atoms with Crippen molar-refractivity contribution in [2.24, 2.45) is 0 Å². The SMILES string of the molecule is CC(=O)O.O=CO.OCC=CCO. The van der Waals surface area contributed by atoms with Crippen molar-refractivity contribution < 1.29 is 30.0 Å². The summed E-state index contributed by atoms with van der Waals surface area (Å²) in [5, 5.41) is 30.3. The van der Waals surface area contributed by atoms with Crippen LogP contribution in [0.2, 0.25) is 0 Å². The van der Waals surface area contributed by atoms with Crippen molar-refractivity contribution in [1.29, 1.82) is 0 Å². The largest absolute Gasteiger partial charge is 0.483 e. The highest BCUT2D eigenvalue weighted by atomic mass is 16.4. The van der Waals surface area contributed by atoms with Gasteiger partial charge in [-0.1, -0.05) is 12.2 Å². The molecule has 0 aliphatic heterocycles. The van der Waals surface area contributed by atoms with Gasteiger partial charge in [-0.15, -0.1) is 0 Å². The number of rotatable bonds is 2. The molecule has 0 saturated heterocycles. The Morgan fingerprint density at radius 3 is 1.46 bits per heavy atom. The van der Waals surface area contributed by atoms with E-state index in [-0.39, 0.29) is 19.7 Å². The minimum absolute atomic E-state index is 0.0144. The Bertz CT molecular complexity index is 121. The second kappa shape index (κ2) is 22.4. The topological polar surface area (TPSA) is 115 Å². The van der Waals surface area contributed by atoms with E-state index in [9.17, 15) is 0 Å². The molecular formula is C7H14O6. The molecular weight excluding hydrogens is 180 g/mol. The van der Waals surface area contributed by atoms with E-state index in [1.165, 1.54) is 12.2 Å². The van der Waals surface area contributed by atoms with E-state index < -0.39 is 5.97 Å². The first kappa shape index (κ1) is 17.6. The fraction of sp³-hybridized carbons (Fsp3) is 0.429. The highest BCUT2D eigenvalue weighted by Crippen LogP contribution is 1.63. The number of carboxylic acids is 1. The Labute approximate surface area is 75.8 Å². The van der Waals surface area contributed by atoms with Gasteiger partial charge in [-0.3, -0.25) is 9.59 Å². The predicted octanol–water partition coefficient (Wildman–Crippen LogP) is -0.681. The highest BCUT2D eigenvalue weighted by Gasteiger charge is 1.65. The van der Waals surface area contributed by atoms with Crippen LogP contribution in [0.5, 0.6) is 0 Å². The van der Waals surface area contributed by atoms with Gasteiger partial charge in [-0.25, -0.2) is 0 Å². The summed E-state index contributed by atoms with van der Waals surface area (Å²) >= 11 is 0. The first-order valence-corrected chi connectivity index (χ1v) is 3.20. The van der Waals surface area contributed by atoms with E-state index in [1.807, 2.05) is 0 Å². The minimum Gasteiger partial charge on any atom is -0.483 e. The summed E-state index contributed by atoms with van der Waals surface area (Å²) in [5.41, 5.74) is 0. The van der Waals surface area contributed by atoms with Crippen LogP contribution in [0.4, 0.5) is 0 Å². The van der Waals surface area contributed by atoms with Gasteiger partial charge in [-0.05, 0) is 0 Å². The van der Waals surface area contributed by atoms with Crippen LogP contribution in [0.25, 0.3) is 0 Å². The zero-order chi connectivity index (χ0) is 11.1. The fourth-order valence-electron chi connectivity index (χ4n) is 0.149. The quantitative estimate of drug-likeness (QED) is 0.342. The number of aliphatic hydroxyl groups excluding tert-OH is 2. The van der Waals surface area contributed by atoms with Crippen molar-refractivity contribution in [3.05, 3.63) is 12.2 Å². The molecule has 0 aliphatic carbocycles.